The Morgan fingerprint density at radius 1 is 1.25 bits per heavy atom. The van der Waals surface area contributed by atoms with Gasteiger partial charge in [0.2, 0.25) is 0 Å². The molecule has 0 saturated carbocycles. The molecule has 0 heterocycles. The predicted molar refractivity (Wildman–Crippen MR) is 85.3 cm³/mol. The lowest BCUT2D eigenvalue weighted by molar-refractivity contribution is 0.102. The van der Waals surface area contributed by atoms with Crippen LogP contribution >= 0.6 is 31.9 Å². The lowest BCUT2D eigenvalue weighted by atomic mass is 10.1. The van der Waals surface area contributed by atoms with E-state index in [1.807, 2.05) is 0 Å². The van der Waals surface area contributed by atoms with Gasteiger partial charge in [-0.2, -0.15) is 0 Å². The molecule has 0 bridgehead atoms. The largest absolute Gasteiger partial charge is 0.398 e. The number of nitrogens with one attached hydrogen (secondary N) is 1. The minimum atomic E-state index is -0.437. The van der Waals surface area contributed by atoms with E-state index < -0.39 is 5.82 Å². The molecule has 0 aromatic heterocycles. The molecule has 0 aliphatic heterocycles. The molecule has 1 amide bonds. The van der Waals surface area contributed by atoms with Gasteiger partial charge in [0.1, 0.15) is 5.82 Å². The maximum Gasteiger partial charge on any atom is 0.256 e. The normalized spacial score (nSPS) is 10.4. The van der Waals surface area contributed by atoms with Gasteiger partial charge in [0, 0.05) is 21.4 Å². The molecule has 0 radical (unpaired) electrons. The summed E-state index contributed by atoms with van der Waals surface area (Å²) in [5.74, 6) is -0.773. The van der Waals surface area contributed by atoms with Gasteiger partial charge in [-0.15, -0.1) is 0 Å². The number of nitrogen functional groups attached to an aromatic ring is 1. The van der Waals surface area contributed by atoms with Crippen molar-refractivity contribution in [2.75, 3.05) is 11.1 Å². The van der Waals surface area contributed by atoms with Crippen molar-refractivity contribution < 1.29 is 9.18 Å². The zero-order chi connectivity index (χ0) is 14.9. The fourth-order valence-corrected chi connectivity index (χ4v) is 2.43. The summed E-state index contributed by atoms with van der Waals surface area (Å²) in [5.41, 5.74) is 7.85. The van der Waals surface area contributed by atoms with E-state index in [0.717, 1.165) is 0 Å². The molecule has 2 rings (SSSR count). The summed E-state index contributed by atoms with van der Waals surface area (Å²) < 4.78 is 14.5. The summed E-state index contributed by atoms with van der Waals surface area (Å²) in [7, 11) is 0. The van der Waals surface area contributed by atoms with Crippen LogP contribution in [0.15, 0.2) is 39.3 Å². The molecule has 0 aliphatic rings. The predicted octanol–water partition coefficient (Wildman–Crippen LogP) is 4.49. The molecule has 20 heavy (non-hydrogen) atoms. The number of carbonyl (C=O) groups excluding carboxylic acids is 1. The average Bonchev–Trinajstić information content (AvgIpc) is 2.38. The summed E-state index contributed by atoms with van der Waals surface area (Å²) in [5, 5.41) is 2.65. The summed E-state index contributed by atoms with van der Waals surface area (Å²) in [4.78, 5) is 12.2. The first kappa shape index (κ1) is 15.0. The summed E-state index contributed by atoms with van der Waals surface area (Å²) in [6, 6.07) is 7.80. The van der Waals surface area contributed by atoms with Gasteiger partial charge in [0.05, 0.1) is 4.47 Å². The van der Waals surface area contributed by atoms with E-state index in [2.05, 4.69) is 37.2 Å². The standard InChI is InChI=1S/C14H11Br2FN2O/c1-7-10(4-8(15)5-13(7)18)14(20)19-9-2-3-11(16)12(17)6-9/h2-6H,18H2,1H3,(H,19,20). The first-order chi connectivity index (χ1) is 9.38. The number of halogens is 3. The monoisotopic (exact) mass is 400 g/mol. The second-order valence-electron chi connectivity index (χ2n) is 4.25. The van der Waals surface area contributed by atoms with Crippen molar-refractivity contribution in [3.8, 4) is 0 Å². The topological polar surface area (TPSA) is 55.1 Å². The van der Waals surface area contributed by atoms with Crippen molar-refractivity contribution in [3.05, 3.63) is 56.2 Å². The van der Waals surface area contributed by atoms with Gasteiger partial charge in [-0.1, -0.05) is 15.9 Å². The first-order valence-corrected chi connectivity index (χ1v) is 7.29. The Kier molecular flexibility index (Phi) is 4.45. The highest BCUT2D eigenvalue weighted by molar-refractivity contribution is 9.10. The van der Waals surface area contributed by atoms with Gasteiger partial charge in [-0.05, 0) is 58.7 Å². The molecule has 104 valence electrons. The zero-order valence-corrected chi connectivity index (χ0v) is 13.7. The van der Waals surface area contributed by atoms with Crippen molar-refractivity contribution in [1.29, 1.82) is 0 Å². The molecule has 2 aromatic rings. The molecule has 3 N–H and O–H groups in total. The first-order valence-electron chi connectivity index (χ1n) is 5.70. The number of hydrogen-bond acceptors (Lipinski definition) is 2. The van der Waals surface area contributed by atoms with Crippen LogP contribution in [0.4, 0.5) is 15.8 Å². The second kappa shape index (κ2) is 5.93. The van der Waals surface area contributed by atoms with E-state index in [9.17, 15) is 9.18 Å². The van der Waals surface area contributed by atoms with Crippen LogP contribution in [0.25, 0.3) is 0 Å². The van der Waals surface area contributed by atoms with Crippen LogP contribution in [0.1, 0.15) is 15.9 Å². The molecular formula is C14H11Br2FN2O. The highest BCUT2D eigenvalue weighted by Gasteiger charge is 2.13. The highest BCUT2D eigenvalue weighted by atomic mass is 79.9. The molecule has 2 aromatic carbocycles. The van der Waals surface area contributed by atoms with E-state index in [1.165, 1.54) is 12.1 Å². The number of hydrogen-bond donors (Lipinski definition) is 2. The summed E-state index contributed by atoms with van der Waals surface area (Å²) >= 11 is 6.36. The van der Waals surface area contributed by atoms with E-state index in [-0.39, 0.29) is 5.91 Å². The number of benzene rings is 2. The lowest BCUT2D eigenvalue weighted by Crippen LogP contribution is -2.14. The van der Waals surface area contributed by atoms with Gasteiger partial charge < -0.3 is 11.1 Å². The molecule has 0 atom stereocenters. The third kappa shape index (κ3) is 3.19. The van der Waals surface area contributed by atoms with Crippen molar-refractivity contribution in [3.63, 3.8) is 0 Å². The Labute approximate surface area is 132 Å². The number of carbonyl (C=O) groups is 1. The van der Waals surface area contributed by atoms with Gasteiger partial charge in [-0.3, -0.25) is 4.79 Å². The number of rotatable bonds is 2. The quantitative estimate of drug-likeness (QED) is 0.728. The van der Waals surface area contributed by atoms with Crippen LogP contribution in [0, 0.1) is 12.7 Å². The number of anilines is 2. The van der Waals surface area contributed by atoms with E-state index in [0.29, 0.717) is 31.4 Å². The van der Waals surface area contributed by atoms with E-state index in [4.69, 9.17) is 5.73 Å². The SMILES string of the molecule is Cc1c(N)cc(Br)cc1C(=O)Nc1ccc(Br)c(F)c1. The van der Waals surface area contributed by atoms with Gasteiger partial charge in [-0.25, -0.2) is 4.39 Å². The van der Waals surface area contributed by atoms with Crippen LogP contribution in [0.5, 0.6) is 0 Å². The molecule has 0 fully saturated rings. The fourth-order valence-electron chi connectivity index (χ4n) is 1.71. The maximum absolute atomic E-state index is 13.4. The lowest BCUT2D eigenvalue weighted by Gasteiger charge is -2.10. The average molecular weight is 402 g/mol. The van der Waals surface area contributed by atoms with E-state index >= 15 is 0 Å². The maximum atomic E-state index is 13.4. The van der Waals surface area contributed by atoms with Crippen LogP contribution in [0.2, 0.25) is 0 Å². The third-order valence-corrected chi connectivity index (χ3v) is 3.94. The zero-order valence-electron chi connectivity index (χ0n) is 10.5. The second-order valence-corrected chi connectivity index (χ2v) is 6.02. The van der Waals surface area contributed by atoms with Crippen LogP contribution < -0.4 is 11.1 Å². The summed E-state index contributed by atoms with van der Waals surface area (Å²) in [6.07, 6.45) is 0. The molecule has 6 heteroatoms. The molecule has 0 spiro atoms. The Balaban J connectivity index is 2.30. The number of amides is 1. The van der Waals surface area contributed by atoms with Crippen molar-refractivity contribution >= 4 is 49.1 Å². The number of nitrogens with two attached hydrogens (primary N) is 1. The van der Waals surface area contributed by atoms with Crippen molar-refractivity contribution in [1.82, 2.24) is 0 Å². The fraction of sp³-hybridized carbons (Fsp3) is 0.0714. The Morgan fingerprint density at radius 2 is 1.95 bits per heavy atom. The van der Waals surface area contributed by atoms with Gasteiger partial charge in [0.15, 0.2) is 0 Å². The smallest absolute Gasteiger partial charge is 0.256 e. The Hall–Kier alpha value is -1.40. The summed E-state index contributed by atoms with van der Waals surface area (Å²) in [6.45, 7) is 1.76. The van der Waals surface area contributed by atoms with Crippen LogP contribution in [0.3, 0.4) is 0 Å². The van der Waals surface area contributed by atoms with Crippen LogP contribution in [-0.2, 0) is 0 Å². The van der Waals surface area contributed by atoms with Crippen molar-refractivity contribution in [2.24, 2.45) is 0 Å². The van der Waals surface area contributed by atoms with Crippen molar-refractivity contribution in [2.45, 2.75) is 6.92 Å². The minimum absolute atomic E-state index is 0.336. The van der Waals surface area contributed by atoms with Gasteiger partial charge >= 0.3 is 0 Å². The molecule has 0 saturated heterocycles. The van der Waals surface area contributed by atoms with Gasteiger partial charge in [0.25, 0.3) is 5.91 Å². The Bertz CT molecular complexity index is 689. The molecule has 3 nitrogen and oxygen atoms in total. The third-order valence-electron chi connectivity index (χ3n) is 2.83. The minimum Gasteiger partial charge on any atom is -0.398 e. The highest BCUT2D eigenvalue weighted by Crippen LogP contribution is 2.24. The Morgan fingerprint density at radius 3 is 2.60 bits per heavy atom. The van der Waals surface area contributed by atoms with E-state index in [1.54, 1.807) is 25.1 Å². The molecule has 0 aliphatic carbocycles. The molecular weight excluding hydrogens is 391 g/mol. The molecule has 0 unspecified atom stereocenters. The van der Waals surface area contributed by atoms with Crippen LogP contribution in [-0.4, -0.2) is 5.91 Å².